The van der Waals surface area contributed by atoms with Gasteiger partial charge in [0.05, 0.1) is 23.9 Å². The molecule has 3 aromatic rings. The Bertz CT molecular complexity index is 1090. The largest absolute Gasteiger partial charge is 0.493 e. The highest BCUT2D eigenvalue weighted by Crippen LogP contribution is 2.31. The summed E-state index contributed by atoms with van der Waals surface area (Å²) < 4.78 is 12.4. The van der Waals surface area contributed by atoms with Crippen molar-refractivity contribution in [3.05, 3.63) is 53.6 Å². The molecule has 0 fully saturated rings. The maximum atomic E-state index is 12.4. The molecular formula is C26H32N2O3S. The van der Waals surface area contributed by atoms with Crippen LogP contribution < -0.4 is 14.8 Å². The smallest absolute Gasteiger partial charge is 0.250 e. The molecule has 32 heavy (non-hydrogen) atoms. The summed E-state index contributed by atoms with van der Waals surface area (Å²) in [7, 11) is 1.62. The minimum atomic E-state index is -0.220. The van der Waals surface area contributed by atoms with Crippen molar-refractivity contribution < 1.29 is 14.3 Å². The van der Waals surface area contributed by atoms with Gasteiger partial charge in [0.15, 0.2) is 16.6 Å². The van der Waals surface area contributed by atoms with Gasteiger partial charge in [-0.2, -0.15) is 0 Å². The third-order valence-electron chi connectivity index (χ3n) is 5.39. The standard InChI is InChI=1S/C26H32N2O3S/c1-6-18(4)20-9-10-21-24(16-20)32-26(27-21)28-25(29)12-8-19-7-11-22(23(15-19)30-5)31-14-13-17(2)3/h7-12,15-18H,6,13-14H2,1-5H3,(H,27,28,29)/b12-8+. The molecule has 1 heterocycles. The van der Waals surface area contributed by atoms with E-state index in [0.29, 0.717) is 35.1 Å². The number of ether oxygens (including phenoxy) is 2. The van der Waals surface area contributed by atoms with E-state index in [1.165, 1.54) is 23.0 Å². The molecule has 1 N–H and O–H groups in total. The number of carbonyl (C=O) groups is 1. The SMILES string of the molecule is CCC(C)c1ccc2nc(NC(=O)/C=C/c3ccc(OCCC(C)C)c(OC)c3)sc2c1. The van der Waals surface area contributed by atoms with Crippen molar-refractivity contribution in [2.24, 2.45) is 5.92 Å². The van der Waals surface area contributed by atoms with Crippen molar-refractivity contribution in [3.63, 3.8) is 0 Å². The van der Waals surface area contributed by atoms with Gasteiger partial charge in [-0.25, -0.2) is 4.98 Å². The fourth-order valence-corrected chi connectivity index (χ4v) is 4.08. The summed E-state index contributed by atoms with van der Waals surface area (Å²) in [5.74, 6) is 2.23. The van der Waals surface area contributed by atoms with Crippen molar-refractivity contribution >= 4 is 38.7 Å². The van der Waals surface area contributed by atoms with Gasteiger partial charge in [-0.15, -0.1) is 0 Å². The van der Waals surface area contributed by atoms with Gasteiger partial charge in [0.2, 0.25) is 5.91 Å². The van der Waals surface area contributed by atoms with Crippen molar-refractivity contribution in [2.45, 2.75) is 46.5 Å². The van der Waals surface area contributed by atoms with Crippen LogP contribution in [0.4, 0.5) is 5.13 Å². The van der Waals surface area contributed by atoms with Gasteiger partial charge in [-0.1, -0.05) is 51.2 Å². The summed E-state index contributed by atoms with van der Waals surface area (Å²) >= 11 is 1.49. The van der Waals surface area contributed by atoms with Crippen LogP contribution in [0.5, 0.6) is 11.5 Å². The van der Waals surface area contributed by atoms with E-state index in [2.05, 4.69) is 50.1 Å². The molecule has 170 valence electrons. The molecule has 0 aliphatic heterocycles. The monoisotopic (exact) mass is 452 g/mol. The van der Waals surface area contributed by atoms with Crippen molar-refractivity contribution in [1.29, 1.82) is 0 Å². The van der Waals surface area contributed by atoms with Crippen LogP contribution in [0.15, 0.2) is 42.5 Å². The van der Waals surface area contributed by atoms with Crippen LogP contribution in [0.1, 0.15) is 57.6 Å². The molecule has 3 rings (SSSR count). The molecule has 0 spiro atoms. The number of anilines is 1. The number of hydrogen-bond donors (Lipinski definition) is 1. The summed E-state index contributed by atoms with van der Waals surface area (Å²) in [6.07, 6.45) is 5.33. The van der Waals surface area contributed by atoms with Gasteiger partial charge >= 0.3 is 0 Å². The zero-order valence-corrected chi connectivity index (χ0v) is 20.3. The first-order valence-corrected chi connectivity index (χ1v) is 11.9. The van der Waals surface area contributed by atoms with Gasteiger partial charge in [-0.05, 0) is 66.1 Å². The number of benzene rings is 2. The average molecular weight is 453 g/mol. The zero-order valence-electron chi connectivity index (χ0n) is 19.5. The summed E-state index contributed by atoms with van der Waals surface area (Å²) in [6, 6.07) is 12.0. The third-order valence-corrected chi connectivity index (χ3v) is 6.33. The minimum absolute atomic E-state index is 0.220. The third kappa shape index (κ3) is 6.33. The number of hydrogen-bond acceptors (Lipinski definition) is 5. The Kier molecular flexibility index (Phi) is 8.28. The number of fused-ring (bicyclic) bond motifs is 1. The van der Waals surface area contributed by atoms with E-state index >= 15 is 0 Å². The lowest BCUT2D eigenvalue weighted by atomic mass is 9.99. The highest BCUT2D eigenvalue weighted by Gasteiger charge is 2.10. The number of nitrogens with zero attached hydrogens (tertiary/aromatic N) is 1. The highest BCUT2D eigenvalue weighted by molar-refractivity contribution is 7.22. The normalized spacial score (nSPS) is 12.4. The first kappa shape index (κ1) is 23.8. The Morgan fingerprint density at radius 3 is 2.69 bits per heavy atom. The maximum absolute atomic E-state index is 12.4. The number of methoxy groups -OCH3 is 1. The Balaban J connectivity index is 1.64. The molecule has 1 unspecified atom stereocenters. The first-order valence-electron chi connectivity index (χ1n) is 11.1. The second kappa shape index (κ2) is 11.1. The predicted molar refractivity (Wildman–Crippen MR) is 134 cm³/mol. The van der Waals surface area contributed by atoms with E-state index in [1.807, 2.05) is 24.3 Å². The van der Waals surface area contributed by atoms with Gasteiger partial charge in [0, 0.05) is 6.08 Å². The Hall–Kier alpha value is -2.86. The molecule has 0 radical (unpaired) electrons. The van der Waals surface area contributed by atoms with E-state index < -0.39 is 0 Å². The predicted octanol–water partition coefficient (Wildman–Crippen LogP) is 6.90. The van der Waals surface area contributed by atoms with Gasteiger partial charge in [-0.3, -0.25) is 10.1 Å². The number of thiazole rings is 1. The van der Waals surface area contributed by atoms with Crippen LogP contribution >= 0.6 is 11.3 Å². The molecule has 0 aliphatic carbocycles. The average Bonchev–Trinajstić information content (AvgIpc) is 3.18. The summed E-state index contributed by atoms with van der Waals surface area (Å²) in [4.78, 5) is 17.0. The van der Waals surface area contributed by atoms with E-state index in [1.54, 1.807) is 13.2 Å². The summed E-state index contributed by atoms with van der Waals surface area (Å²) in [5, 5.41) is 3.47. The maximum Gasteiger partial charge on any atom is 0.250 e. The molecule has 0 saturated carbocycles. The number of carbonyl (C=O) groups excluding carboxylic acids is 1. The summed E-state index contributed by atoms with van der Waals surface area (Å²) in [5.41, 5.74) is 3.06. The Morgan fingerprint density at radius 1 is 1.16 bits per heavy atom. The second-order valence-corrected chi connectivity index (χ2v) is 9.35. The topological polar surface area (TPSA) is 60.5 Å². The lowest BCUT2D eigenvalue weighted by Gasteiger charge is -2.12. The van der Waals surface area contributed by atoms with E-state index in [9.17, 15) is 4.79 Å². The van der Waals surface area contributed by atoms with Crippen molar-refractivity contribution in [3.8, 4) is 11.5 Å². The van der Waals surface area contributed by atoms with E-state index in [4.69, 9.17) is 9.47 Å². The number of amides is 1. The molecule has 6 heteroatoms. The fraction of sp³-hybridized carbons (Fsp3) is 0.385. The fourth-order valence-electron chi connectivity index (χ4n) is 3.17. The molecule has 5 nitrogen and oxygen atoms in total. The molecule has 0 aliphatic rings. The lowest BCUT2D eigenvalue weighted by molar-refractivity contribution is -0.111. The highest BCUT2D eigenvalue weighted by atomic mass is 32.1. The second-order valence-electron chi connectivity index (χ2n) is 8.32. The first-order chi connectivity index (χ1) is 15.4. The molecule has 1 atom stereocenters. The zero-order chi connectivity index (χ0) is 23.1. The molecule has 2 aromatic carbocycles. The van der Waals surface area contributed by atoms with Crippen LogP contribution in [0.2, 0.25) is 0 Å². The van der Waals surface area contributed by atoms with Gasteiger partial charge in [0.1, 0.15) is 0 Å². The number of aromatic nitrogens is 1. The van der Waals surface area contributed by atoms with E-state index in [0.717, 1.165) is 28.6 Å². The number of rotatable bonds is 10. The lowest BCUT2D eigenvalue weighted by Crippen LogP contribution is -2.07. The van der Waals surface area contributed by atoms with Crippen LogP contribution in [0.25, 0.3) is 16.3 Å². The van der Waals surface area contributed by atoms with Crippen molar-refractivity contribution in [2.75, 3.05) is 19.0 Å². The molecule has 1 aromatic heterocycles. The molecule has 0 bridgehead atoms. The van der Waals surface area contributed by atoms with E-state index in [-0.39, 0.29) is 5.91 Å². The van der Waals surface area contributed by atoms with Gasteiger partial charge in [0.25, 0.3) is 0 Å². The molecular weight excluding hydrogens is 420 g/mol. The van der Waals surface area contributed by atoms with Crippen molar-refractivity contribution in [1.82, 2.24) is 4.98 Å². The molecule has 0 saturated heterocycles. The Labute approximate surface area is 194 Å². The van der Waals surface area contributed by atoms with Crippen LogP contribution in [0.3, 0.4) is 0 Å². The van der Waals surface area contributed by atoms with Gasteiger partial charge < -0.3 is 9.47 Å². The molecule has 1 amide bonds. The van der Waals surface area contributed by atoms with Crippen LogP contribution in [-0.4, -0.2) is 24.6 Å². The number of nitrogens with one attached hydrogen (secondary N) is 1. The summed E-state index contributed by atoms with van der Waals surface area (Å²) in [6.45, 7) is 9.38. The van der Waals surface area contributed by atoms with Crippen LogP contribution in [0, 0.1) is 5.92 Å². The Morgan fingerprint density at radius 2 is 1.97 bits per heavy atom. The van der Waals surface area contributed by atoms with Crippen LogP contribution in [-0.2, 0) is 4.79 Å². The quantitative estimate of drug-likeness (QED) is 0.340. The minimum Gasteiger partial charge on any atom is -0.493 e.